The van der Waals surface area contributed by atoms with Crippen LogP contribution in [0.15, 0.2) is 12.3 Å². The highest BCUT2D eigenvalue weighted by Gasteiger charge is 2.38. The van der Waals surface area contributed by atoms with E-state index in [-0.39, 0.29) is 12.6 Å². The normalized spacial score (nSPS) is 25.0. The molecule has 1 aliphatic rings. The smallest absolute Gasteiger partial charge is 0.417 e. The van der Waals surface area contributed by atoms with Gasteiger partial charge in [-0.25, -0.2) is 14.2 Å². The van der Waals surface area contributed by atoms with Crippen molar-refractivity contribution in [3.63, 3.8) is 0 Å². The number of aromatic nitrogens is 1. The Bertz CT molecular complexity index is 787. The number of ether oxygens (including phenoxy) is 2. The highest BCUT2D eigenvalue weighted by Crippen LogP contribution is 2.30. The lowest BCUT2D eigenvalue weighted by atomic mass is 10.1. The van der Waals surface area contributed by atoms with E-state index in [1.165, 1.54) is 6.92 Å². The molecule has 10 heteroatoms. The maximum Gasteiger partial charge on any atom is 0.417 e. The van der Waals surface area contributed by atoms with Crippen molar-refractivity contribution in [2.24, 2.45) is 0 Å². The molecule has 0 aliphatic carbocycles. The molecule has 3 atom stereocenters. The molecule has 1 aromatic heterocycles. The highest BCUT2D eigenvalue weighted by molar-refractivity contribution is 5.69. The third-order valence-corrected chi connectivity index (χ3v) is 3.82. The fraction of sp³-hybridized carbons (Fsp3) is 0.667. The molecule has 6 nitrogen and oxygen atoms in total. The molecule has 0 saturated carbocycles. The van der Waals surface area contributed by atoms with Crippen LogP contribution in [0.4, 0.5) is 28.2 Å². The third kappa shape index (κ3) is 5.70. The number of anilines is 1. The molecule has 0 radical (unpaired) electrons. The SMILES string of the molecule is [2H]C([2H])(Nc1ncc(C(F)(F)F)cc1F)[C@@H]1[C@H](C)O[C@H](C)CN1C(=O)OC(C)(C)C. The van der Waals surface area contributed by atoms with Crippen LogP contribution in [0.2, 0.25) is 0 Å². The lowest BCUT2D eigenvalue weighted by Crippen LogP contribution is -2.58. The van der Waals surface area contributed by atoms with Gasteiger partial charge in [0.15, 0.2) is 11.6 Å². The highest BCUT2D eigenvalue weighted by atomic mass is 19.4. The van der Waals surface area contributed by atoms with Gasteiger partial charge in [-0.15, -0.1) is 0 Å². The van der Waals surface area contributed by atoms with Crippen LogP contribution in [-0.4, -0.2) is 52.9 Å². The summed E-state index contributed by atoms with van der Waals surface area (Å²) in [6.07, 6.45) is -6.43. The average Bonchev–Trinajstić information content (AvgIpc) is 2.52. The molecule has 0 bridgehead atoms. The molecule has 0 unspecified atom stereocenters. The quantitative estimate of drug-likeness (QED) is 0.763. The van der Waals surface area contributed by atoms with Gasteiger partial charge in [0.05, 0.1) is 33.1 Å². The van der Waals surface area contributed by atoms with Gasteiger partial charge in [-0.2, -0.15) is 13.2 Å². The molecular formula is C18H25F4N3O3. The Morgan fingerprint density at radius 1 is 1.43 bits per heavy atom. The number of hydrogen-bond acceptors (Lipinski definition) is 5. The van der Waals surface area contributed by atoms with Gasteiger partial charge in [0.2, 0.25) is 0 Å². The maximum absolute atomic E-state index is 14.2. The summed E-state index contributed by atoms with van der Waals surface area (Å²) < 4.78 is 80.1. The minimum absolute atomic E-state index is 0.00797. The van der Waals surface area contributed by atoms with Gasteiger partial charge in [0.25, 0.3) is 0 Å². The molecule has 28 heavy (non-hydrogen) atoms. The summed E-state index contributed by atoms with van der Waals surface area (Å²) in [5, 5.41) is 2.18. The maximum atomic E-state index is 14.2. The minimum atomic E-state index is -4.79. The first-order valence-corrected chi connectivity index (χ1v) is 8.67. The average molecular weight is 409 g/mol. The predicted molar refractivity (Wildman–Crippen MR) is 94.4 cm³/mol. The van der Waals surface area contributed by atoms with Crippen LogP contribution in [0.3, 0.4) is 0 Å². The standard InChI is InChI=1S/C18H25F4N3O3/c1-10-9-25(16(26)28-17(3,4)5)14(11(2)27-10)8-24-15-13(19)6-12(7-23-15)18(20,21)22/h6-7,10-11,14H,8-9H2,1-5H3,(H,23,24)/t10-,11+,14-/m1/s1/i8D2. The first-order valence-electron chi connectivity index (χ1n) is 9.67. The molecule has 1 aliphatic heterocycles. The Morgan fingerprint density at radius 2 is 2.07 bits per heavy atom. The zero-order valence-corrected chi connectivity index (χ0v) is 16.2. The van der Waals surface area contributed by atoms with Gasteiger partial charge in [-0.3, -0.25) is 4.90 Å². The molecule has 2 heterocycles. The van der Waals surface area contributed by atoms with Crippen molar-refractivity contribution in [1.29, 1.82) is 0 Å². The summed E-state index contributed by atoms with van der Waals surface area (Å²) in [5.41, 5.74) is -2.14. The van der Waals surface area contributed by atoms with E-state index in [2.05, 4.69) is 10.3 Å². The molecule has 1 fully saturated rings. The van der Waals surface area contributed by atoms with Crippen molar-refractivity contribution >= 4 is 11.9 Å². The fourth-order valence-electron chi connectivity index (χ4n) is 2.66. The lowest BCUT2D eigenvalue weighted by molar-refractivity contribution is -0.138. The van der Waals surface area contributed by atoms with Gasteiger partial charge in [0.1, 0.15) is 5.60 Å². The minimum Gasteiger partial charge on any atom is -0.444 e. The largest absolute Gasteiger partial charge is 0.444 e. The summed E-state index contributed by atoms with van der Waals surface area (Å²) in [6, 6.07) is -1.05. The van der Waals surface area contributed by atoms with Crippen LogP contribution in [0.25, 0.3) is 0 Å². The first kappa shape index (κ1) is 19.2. The number of rotatable bonds is 3. The number of nitrogens with one attached hydrogen (secondary N) is 1. The zero-order chi connectivity index (χ0) is 23.1. The van der Waals surface area contributed by atoms with E-state index in [9.17, 15) is 22.4 Å². The van der Waals surface area contributed by atoms with Crippen molar-refractivity contribution in [2.45, 2.75) is 64.6 Å². The van der Waals surface area contributed by atoms with Gasteiger partial charge in [-0.05, 0) is 40.7 Å². The molecule has 1 aromatic rings. The lowest BCUT2D eigenvalue weighted by Gasteiger charge is -2.43. The van der Waals surface area contributed by atoms with E-state index < -0.39 is 59.8 Å². The molecule has 1 saturated heterocycles. The Labute approximate surface area is 164 Å². The number of alkyl halides is 3. The van der Waals surface area contributed by atoms with Crippen molar-refractivity contribution in [3.05, 3.63) is 23.6 Å². The van der Waals surface area contributed by atoms with Crippen LogP contribution in [-0.2, 0) is 15.7 Å². The summed E-state index contributed by atoms with van der Waals surface area (Å²) >= 11 is 0. The van der Waals surface area contributed by atoms with Gasteiger partial charge < -0.3 is 14.8 Å². The third-order valence-electron chi connectivity index (χ3n) is 3.82. The van der Waals surface area contributed by atoms with Crippen LogP contribution in [0, 0.1) is 5.82 Å². The monoisotopic (exact) mass is 409 g/mol. The number of nitrogens with zero attached hydrogens (tertiary/aromatic N) is 2. The second-order valence-electron chi connectivity index (χ2n) is 7.55. The number of morpholine rings is 1. The Morgan fingerprint density at radius 3 is 2.61 bits per heavy atom. The van der Waals surface area contributed by atoms with Crippen molar-refractivity contribution in [1.82, 2.24) is 9.88 Å². The topological polar surface area (TPSA) is 63.7 Å². The summed E-state index contributed by atoms with van der Waals surface area (Å²) in [4.78, 5) is 17.2. The summed E-state index contributed by atoms with van der Waals surface area (Å²) in [6.45, 7) is 5.70. The number of carbonyl (C=O) groups excluding carboxylic acids is 1. The van der Waals surface area contributed by atoms with Crippen LogP contribution < -0.4 is 5.32 Å². The van der Waals surface area contributed by atoms with Crippen molar-refractivity contribution in [2.75, 3.05) is 18.4 Å². The molecule has 0 spiro atoms. The number of amides is 1. The van der Waals surface area contributed by atoms with E-state index in [1.807, 2.05) is 0 Å². The number of hydrogen-bond donors (Lipinski definition) is 1. The van der Waals surface area contributed by atoms with E-state index in [4.69, 9.17) is 12.2 Å². The van der Waals surface area contributed by atoms with Gasteiger partial charge >= 0.3 is 12.3 Å². The van der Waals surface area contributed by atoms with Crippen LogP contribution in [0.5, 0.6) is 0 Å². The van der Waals surface area contributed by atoms with Crippen molar-refractivity contribution < 1.29 is 34.6 Å². The Balaban J connectivity index is 2.33. The predicted octanol–water partition coefficient (Wildman–Crippen LogP) is 4.06. The molecule has 1 amide bonds. The Hall–Kier alpha value is -2.10. The number of pyridine rings is 1. The van der Waals surface area contributed by atoms with Gasteiger partial charge in [0, 0.05) is 12.7 Å². The van der Waals surface area contributed by atoms with Crippen molar-refractivity contribution in [3.8, 4) is 0 Å². The second kappa shape index (κ2) is 8.10. The van der Waals surface area contributed by atoms with E-state index in [1.54, 1.807) is 27.7 Å². The Kier molecular flexibility index (Phi) is 5.56. The summed E-state index contributed by atoms with van der Waals surface area (Å²) in [7, 11) is 0. The summed E-state index contributed by atoms with van der Waals surface area (Å²) in [5.74, 6) is -2.10. The van der Waals surface area contributed by atoms with E-state index in [0.717, 1.165) is 4.90 Å². The molecular weight excluding hydrogens is 382 g/mol. The second-order valence-corrected chi connectivity index (χ2v) is 7.55. The van der Waals surface area contributed by atoms with Gasteiger partial charge in [-0.1, -0.05) is 0 Å². The fourth-order valence-corrected chi connectivity index (χ4v) is 2.66. The van der Waals surface area contributed by atoms with E-state index in [0.29, 0.717) is 6.20 Å². The molecule has 158 valence electrons. The van der Waals surface area contributed by atoms with Crippen LogP contribution in [0.1, 0.15) is 42.9 Å². The molecule has 2 rings (SSSR count). The van der Waals surface area contributed by atoms with Crippen LogP contribution >= 0.6 is 0 Å². The molecule has 1 N–H and O–H groups in total. The number of carbonyl (C=O) groups is 1. The zero-order valence-electron chi connectivity index (χ0n) is 18.2. The van der Waals surface area contributed by atoms with E-state index >= 15 is 0 Å². The number of halogens is 4. The first-order chi connectivity index (χ1) is 13.5. The molecule has 0 aromatic carbocycles.